The predicted molar refractivity (Wildman–Crippen MR) is 189 cm³/mol. The van der Waals surface area contributed by atoms with Gasteiger partial charge in [0.25, 0.3) is 5.91 Å². The van der Waals surface area contributed by atoms with Gasteiger partial charge in [-0.15, -0.1) is 0 Å². The number of allylic oxidation sites excluding steroid dienone is 2. The topological polar surface area (TPSA) is 225 Å². The van der Waals surface area contributed by atoms with Crippen molar-refractivity contribution in [3.63, 3.8) is 0 Å². The van der Waals surface area contributed by atoms with Crippen LogP contribution in [0.5, 0.6) is 11.5 Å². The first-order valence-corrected chi connectivity index (χ1v) is 15.7. The molecule has 0 bridgehead atoms. The van der Waals surface area contributed by atoms with Gasteiger partial charge in [0.15, 0.2) is 0 Å². The third-order valence-corrected chi connectivity index (χ3v) is 7.39. The summed E-state index contributed by atoms with van der Waals surface area (Å²) in [6, 6.07) is 6.10. The Morgan fingerprint density at radius 3 is 2.06 bits per heavy atom. The number of primary amides is 2. The van der Waals surface area contributed by atoms with E-state index >= 15 is 0 Å². The summed E-state index contributed by atoms with van der Waals surface area (Å²) in [5.41, 5.74) is 19.3. The summed E-state index contributed by atoms with van der Waals surface area (Å²) in [6.07, 6.45) is 3.68. The molecule has 2 heterocycles. The normalized spacial score (nSPS) is 11.6. The number of nitrogens with two attached hydrogens (primary N) is 3. The second kappa shape index (κ2) is 15.0. The Balaban J connectivity index is 1.60. The van der Waals surface area contributed by atoms with E-state index in [2.05, 4.69) is 21.9 Å². The van der Waals surface area contributed by atoms with E-state index in [0.29, 0.717) is 46.5 Å². The third kappa shape index (κ3) is 8.50. The number of nitrogens with one attached hydrogen (secondary N) is 1. The summed E-state index contributed by atoms with van der Waals surface area (Å²) in [5, 5.41) is 2.75. The van der Waals surface area contributed by atoms with Crippen LogP contribution < -0.4 is 32.0 Å². The number of anilines is 2. The molecule has 266 valence electrons. The van der Waals surface area contributed by atoms with Crippen molar-refractivity contribution in [3.8, 4) is 11.5 Å². The van der Waals surface area contributed by atoms with Gasteiger partial charge in [0.05, 0.1) is 24.8 Å². The van der Waals surface area contributed by atoms with Crippen LogP contribution in [0.25, 0.3) is 22.1 Å². The molecule has 4 rings (SSSR count). The van der Waals surface area contributed by atoms with Crippen LogP contribution in [0.15, 0.2) is 48.6 Å². The second-order valence-corrected chi connectivity index (χ2v) is 12.6. The van der Waals surface area contributed by atoms with Gasteiger partial charge < -0.3 is 45.4 Å². The zero-order valence-corrected chi connectivity index (χ0v) is 29.0. The number of nitrogens with zero attached hydrogens (tertiary/aromatic N) is 5. The lowest BCUT2D eigenvalue weighted by Crippen LogP contribution is -2.35. The van der Waals surface area contributed by atoms with E-state index in [0.717, 1.165) is 0 Å². The summed E-state index contributed by atoms with van der Waals surface area (Å²) in [7, 11) is 3.09. The fraction of sp³-hybridized carbons (Fsp3) is 0.353. The second-order valence-electron chi connectivity index (χ2n) is 12.6. The predicted octanol–water partition coefficient (Wildman–Crippen LogP) is 3.58. The lowest BCUT2D eigenvalue weighted by molar-refractivity contribution is -0.112. The number of hydrogen-bond donors (Lipinski definition) is 4. The molecule has 16 nitrogen and oxygen atoms in total. The van der Waals surface area contributed by atoms with Gasteiger partial charge in [-0.05, 0) is 58.4 Å². The molecule has 7 N–H and O–H groups in total. The Morgan fingerprint density at radius 2 is 1.50 bits per heavy atom. The van der Waals surface area contributed by atoms with Crippen LogP contribution >= 0.6 is 0 Å². The molecule has 2 aromatic carbocycles. The molecule has 0 fully saturated rings. The standard InChI is InChI=1S/C34H43N9O7/c1-19(2)30(46)40-32-39-23-16-20(28(35)44)17-24(48-7)26(23)43(32)13-9-8-12-42-27-22(38-31(42)37)15-21(29(36)45)18-25(27)49-14-10-11-41(6)33(47)50-34(3,4)5/h8-9,15-18H,1,10-14H2,2-7H3,(H2,35,44)(H2,36,45)(H2,37,38)(H,39,40,46)/b9-8+. The molecule has 0 atom stereocenters. The Labute approximate surface area is 288 Å². The largest absolute Gasteiger partial charge is 0.494 e. The Hall–Kier alpha value is -6.06. The van der Waals surface area contributed by atoms with E-state index in [9.17, 15) is 19.2 Å². The van der Waals surface area contributed by atoms with Crippen molar-refractivity contribution in [1.82, 2.24) is 24.0 Å². The number of hydrogen-bond acceptors (Lipinski definition) is 10. The van der Waals surface area contributed by atoms with Crippen molar-refractivity contribution in [2.24, 2.45) is 11.5 Å². The van der Waals surface area contributed by atoms with Crippen molar-refractivity contribution < 1.29 is 33.4 Å². The van der Waals surface area contributed by atoms with E-state index < -0.39 is 29.4 Å². The molecule has 16 heteroatoms. The van der Waals surface area contributed by atoms with Crippen molar-refractivity contribution in [2.75, 3.05) is 38.4 Å². The van der Waals surface area contributed by atoms with Gasteiger partial charge in [-0.3, -0.25) is 19.7 Å². The summed E-state index contributed by atoms with van der Waals surface area (Å²) >= 11 is 0. The molecule has 4 aromatic rings. The number of fused-ring (bicyclic) bond motifs is 2. The van der Waals surface area contributed by atoms with Crippen LogP contribution in [0.2, 0.25) is 0 Å². The Bertz CT molecular complexity index is 2000. The summed E-state index contributed by atoms with van der Waals surface area (Å²) in [6.45, 7) is 11.7. The molecule has 0 aliphatic carbocycles. The molecule has 0 radical (unpaired) electrons. The molecule has 2 aromatic heterocycles. The fourth-order valence-corrected chi connectivity index (χ4v) is 4.97. The number of carbonyl (C=O) groups excluding carboxylic acids is 4. The Kier molecular flexibility index (Phi) is 11.0. The number of aromatic nitrogens is 4. The van der Waals surface area contributed by atoms with Crippen molar-refractivity contribution >= 4 is 57.8 Å². The van der Waals surface area contributed by atoms with E-state index in [-0.39, 0.29) is 48.3 Å². The van der Waals surface area contributed by atoms with E-state index in [1.807, 2.05) is 12.2 Å². The molecule has 0 saturated heterocycles. The molecule has 4 amide bonds. The third-order valence-electron chi connectivity index (χ3n) is 7.39. The van der Waals surface area contributed by atoms with E-state index in [1.165, 1.54) is 36.3 Å². The summed E-state index contributed by atoms with van der Waals surface area (Å²) in [4.78, 5) is 59.3. The van der Waals surface area contributed by atoms with E-state index in [4.69, 9.17) is 31.4 Å². The van der Waals surface area contributed by atoms with Gasteiger partial charge in [-0.2, -0.15) is 0 Å². The van der Waals surface area contributed by atoms with Gasteiger partial charge in [0, 0.05) is 43.4 Å². The van der Waals surface area contributed by atoms with Crippen molar-refractivity contribution in [3.05, 3.63) is 59.7 Å². The molecule has 0 aliphatic rings. The molecular weight excluding hydrogens is 646 g/mol. The summed E-state index contributed by atoms with van der Waals surface area (Å²) in [5.74, 6) is -0.694. The molecule has 50 heavy (non-hydrogen) atoms. The van der Waals surface area contributed by atoms with Gasteiger partial charge in [-0.1, -0.05) is 18.7 Å². The zero-order valence-electron chi connectivity index (χ0n) is 29.0. The number of rotatable bonds is 14. The summed E-state index contributed by atoms with van der Waals surface area (Å²) < 4.78 is 20.5. The fourth-order valence-electron chi connectivity index (χ4n) is 4.97. The monoisotopic (exact) mass is 689 g/mol. The number of amides is 4. The van der Waals surface area contributed by atoms with Crippen LogP contribution in [-0.2, 0) is 22.6 Å². The highest BCUT2D eigenvalue weighted by Gasteiger charge is 2.21. The molecule has 0 aliphatic heterocycles. The van der Waals surface area contributed by atoms with Gasteiger partial charge in [0.1, 0.15) is 28.1 Å². The quantitative estimate of drug-likeness (QED) is 0.0855. The Morgan fingerprint density at radius 1 is 0.940 bits per heavy atom. The SMILES string of the molecule is C=C(C)C(=O)Nc1nc2cc(C(N)=O)cc(OC)c2n1C/C=C/Cn1c(N)nc2cc(C(N)=O)cc(OCCCN(C)C(=O)OC(C)(C)C)c21. The van der Waals surface area contributed by atoms with Crippen LogP contribution in [0.3, 0.4) is 0 Å². The number of methoxy groups -OCH3 is 1. The average Bonchev–Trinajstić information content (AvgIpc) is 3.55. The first-order valence-electron chi connectivity index (χ1n) is 15.7. The highest BCUT2D eigenvalue weighted by atomic mass is 16.6. The zero-order chi connectivity index (χ0) is 36.9. The first kappa shape index (κ1) is 36.8. The van der Waals surface area contributed by atoms with Crippen molar-refractivity contribution in [1.29, 1.82) is 0 Å². The number of nitrogen functional groups attached to an aromatic ring is 1. The maximum absolute atomic E-state index is 12.5. The maximum atomic E-state index is 12.5. The number of ether oxygens (including phenoxy) is 3. The minimum Gasteiger partial charge on any atom is -0.494 e. The molecule has 0 spiro atoms. The highest BCUT2D eigenvalue weighted by Crippen LogP contribution is 2.32. The van der Waals surface area contributed by atoms with Crippen LogP contribution in [0, 0.1) is 0 Å². The molecule has 0 unspecified atom stereocenters. The minimum absolute atomic E-state index is 0.170. The van der Waals surface area contributed by atoms with Crippen LogP contribution in [-0.4, -0.2) is 80.7 Å². The number of benzene rings is 2. The first-order chi connectivity index (χ1) is 23.5. The lowest BCUT2D eigenvalue weighted by Gasteiger charge is -2.24. The smallest absolute Gasteiger partial charge is 0.410 e. The highest BCUT2D eigenvalue weighted by molar-refractivity contribution is 6.04. The average molecular weight is 690 g/mol. The van der Waals surface area contributed by atoms with E-state index in [1.54, 1.807) is 43.9 Å². The maximum Gasteiger partial charge on any atom is 0.410 e. The van der Waals surface area contributed by atoms with Gasteiger partial charge >= 0.3 is 6.09 Å². The van der Waals surface area contributed by atoms with Crippen LogP contribution in [0.1, 0.15) is 54.8 Å². The van der Waals surface area contributed by atoms with Crippen LogP contribution in [0.4, 0.5) is 16.7 Å². The van der Waals surface area contributed by atoms with Gasteiger partial charge in [-0.25, -0.2) is 14.8 Å². The van der Waals surface area contributed by atoms with Crippen molar-refractivity contribution in [2.45, 2.75) is 52.8 Å². The van der Waals surface area contributed by atoms with Gasteiger partial charge in [0.2, 0.25) is 23.7 Å². The molecule has 0 saturated carbocycles. The number of imidazole rings is 2. The molecular formula is C34H43N9O7. The lowest BCUT2D eigenvalue weighted by atomic mass is 10.1. The number of carbonyl (C=O) groups is 4. The minimum atomic E-state index is -0.657.